The van der Waals surface area contributed by atoms with Gasteiger partial charge >= 0.3 is 5.97 Å². The lowest BCUT2D eigenvalue weighted by molar-refractivity contribution is -0.148. The van der Waals surface area contributed by atoms with Gasteiger partial charge in [0.25, 0.3) is 0 Å². The molecule has 2 aliphatic rings. The van der Waals surface area contributed by atoms with Crippen LogP contribution in [0.5, 0.6) is 0 Å². The fourth-order valence-electron chi connectivity index (χ4n) is 3.48. The maximum Gasteiger partial charge on any atom is 0.326 e. The van der Waals surface area contributed by atoms with E-state index in [2.05, 4.69) is 5.32 Å². The normalized spacial score (nSPS) is 24.0. The largest absolute Gasteiger partial charge is 0.480 e. The van der Waals surface area contributed by atoms with E-state index in [0.717, 1.165) is 32.1 Å². The fourth-order valence-corrected chi connectivity index (χ4v) is 3.48. The van der Waals surface area contributed by atoms with Crippen molar-refractivity contribution < 1.29 is 19.5 Å². The Morgan fingerprint density at radius 3 is 2.45 bits per heavy atom. The Labute approximate surface area is 131 Å². The molecule has 0 spiro atoms. The molecule has 2 atom stereocenters. The van der Waals surface area contributed by atoms with Crippen molar-refractivity contribution in [1.82, 2.24) is 10.2 Å². The molecule has 6 nitrogen and oxygen atoms in total. The fraction of sp³-hybridized carbons (Fsp3) is 0.812. The van der Waals surface area contributed by atoms with Crippen molar-refractivity contribution >= 4 is 17.8 Å². The Morgan fingerprint density at radius 1 is 1.14 bits per heavy atom. The number of nitrogens with one attached hydrogen (secondary N) is 1. The Morgan fingerprint density at radius 2 is 1.82 bits per heavy atom. The smallest absolute Gasteiger partial charge is 0.326 e. The molecular weight excluding hydrogens is 284 g/mol. The summed E-state index contributed by atoms with van der Waals surface area (Å²) in [6, 6.07) is -0.953. The zero-order chi connectivity index (χ0) is 16.1. The molecule has 2 amide bonds. The van der Waals surface area contributed by atoms with Crippen LogP contribution in [0.25, 0.3) is 0 Å². The van der Waals surface area contributed by atoms with Crippen LogP contribution in [0.3, 0.4) is 0 Å². The Bertz CT molecular complexity index is 432. The second kappa shape index (κ2) is 7.61. The minimum Gasteiger partial charge on any atom is -0.480 e. The number of aliphatic carboxylic acids is 1. The number of carboxylic acids is 1. The van der Waals surface area contributed by atoms with E-state index in [9.17, 15) is 14.4 Å². The van der Waals surface area contributed by atoms with E-state index in [-0.39, 0.29) is 30.2 Å². The zero-order valence-corrected chi connectivity index (χ0v) is 13.2. The number of carboxylic acid groups (broad SMARTS) is 1. The molecular formula is C16H26N2O4. The van der Waals surface area contributed by atoms with Crippen LogP contribution >= 0.6 is 0 Å². The first-order valence-electron chi connectivity index (χ1n) is 8.31. The molecule has 1 saturated heterocycles. The SMILES string of the molecule is CC(CC(=O)N1CCC[C@H]1C(=O)O)NC(=O)C1CCCCC1. The second-order valence-corrected chi connectivity index (χ2v) is 6.53. The van der Waals surface area contributed by atoms with Gasteiger partial charge in [-0.3, -0.25) is 9.59 Å². The molecule has 124 valence electrons. The summed E-state index contributed by atoms with van der Waals surface area (Å²) in [4.78, 5) is 37.0. The molecule has 0 aromatic carbocycles. The lowest BCUT2D eigenvalue weighted by Gasteiger charge is -2.25. The maximum absolute atomic E-state index is 12.2. The molecule has 2 rings (SSSR count). The highest BCUT2D eigenvalue weighted by Crippen LogP contribution is 2.24. The quantitative estimate of drug-likeness (QED) is 0.806. The third-order valence-corrected chi connectivity index (χ3v) is 4.70. The topological polar surface area (TPSA) is 86.7 Å². The lowest BCUT2D eigenvalue weighted by atomic mass is 9.88. The Hall–Kier alpha value is -1.59. The third kappa shape index (κ3) is 4.21. The number of rotatable bonds is 5. The van der Waals surface area contributed by atoms with Crippen molar-refractivity contribution in [2.45, 2.75) is 70.4 Å². The van der Waals surface area contributed by atoms with Crippen LogP contribution in [0.2, 0.25) is 0 Å². The molecule has 2 fully saturated rings. The molecule has 0 aromatic heterocycles. The van der Waals surface area contributed by atoms with E-state index in [4.69, 9.17) is 5.11 Å². The predicted molar refractivity (Wildman–Crippen MR) is 81.2 cm³/mol. The average Bonchev–Trinajstić information content (AvgIpc) is 2.97. The minimum absolute atomic E-state index is 0.0382. The molecule has 0 aromatic rings. The first-order chi connectivity index (χ1) is 10.5. The first-order valence-corrected chi connectivity index (χ1v) is 8.31. The molecule has 2 N–H and O–H groups in total. The number of amides is 2. The Kier molecular flexibility index (Phi) is 5.80. The predicted octanol–water partition coefficient (Wildman–Crippen LogP) is 1.54. The van der Waals surface area contributed by atoms with Crippen LogP contribution in [-0.2, 0) is 14.4 Å². The number of likely N-dealkylation sites (tertiary alicyclic amines) is 1. The maximum atomic E-state index is 12.2. The van der Waals surface area contributed by atoms with Crippen LogP contribution in [0, 0.1) is 5.92 Å². The van der Waals surface area contributed by atoms with Gasteiger partial charge < -0.3 is 15.3 Å². The van der Waals surface area contributed by atoms with Gasteiger partial charge in [-0.2, -0.15) is 0 Å². The van der Waals surface area contributed by atoms with Crippen molar-refractivity contribution in [3.63, 3.8) is 0 Å². The molecule has 1 heterocycles. The Balaban J connectivity index is 1.80. The van der Waals surface area contributed by atoms with Crippen LogP contribution in [0.15, 0.2) is 0 Å². The standard InChI is InChI=1S/C16H26N2O4/c1-11(17-15(20)12-6-3-2-4-7-12)10-14(19)18-9-5-8-13(18)16(21)22/h11-13H,2-10H2,1H3,(H,17,20)(H,21,22)/t11?,13-/m0/s1. The van der Waals surface area contributed by atoms with Gasteiger partial charge in [0.05, 0.1) is 0 Å². The number of nitrogens with zero attached hydrogens (tertiary/aromatic N) is 1. The molecule has 1 saturated carbocycles. The van der Waals surface area contributed by atoms with E-state index in [1.807, 2.05) is 6.92 Å². The monoisotopic (exact) mass is 310 g/mol. The van der Waals surface area contributed by atoms with E-state index in [1.54, 1.807) is 0 Å². The minimum atomic E-state index is -0.940. The average molecular weight is 310 g/mol. The molecule has 6 heteroatoms. The second-order valence-electron chi connectivity index (χ2n) is 6.53. The van der Waals surface area contributed by atoms with Gasteiger partial charge in [-0.1, -0.05) is 19.3 Å². The number of hydrogen-bond acceptors (Lipinski definition) is 3. The molecule has 1 unspecified atom stereocenters. The van der Waals surface area contributed by atoms with Gasteiger partial charge in [0.15, 0.2) is 0 Å². The molecule has 0 bridgehead atoms. The van der Waals surface area contributed by atoms with Crippen LogP contribution in [0.1, 0.15) is 58.3 Å². The highest BCUT2D eigenvalue weighted by molar-refractivity contribution is 5.85. The summed E-state index contributed by atoms with van der Waals surface area (Å²) in [7, 11) is 0. The number of carbonyl (C=O) groups excluding carboxylic acids is 2. The zero-order valence-electron chi connectivity index (χ0n) is 13.2. The van der Waals surface area contributed by atoms with Gasteiger partial charge in [0.2, 0.25) is 11.8 Å². The summed E-state index contributed by atoms with van der Waals surface area (Å²) < 4.78 is 0. The summed E-state index contributed by atoms with van der Waals surface area (Å²) in [6.45, 7) is 2.31. The van der Waals surface area contributed by atoms with Crippen molar-refractivity contribution in [3.8, 4) is 0 Å². The van der Waals surface area contributed by atoms with Crippen molar-refractivity contribution in [2.75, 3.05) is 6.54 Å². The van der Waals surface area contributed by atoms with E-state index in [1.165, 1.54) is 11.3 Å². The van der Waals surface area contributed by atoms with Gasteiger partial charge in [-0.05, 0) is 32.6 Å². The van der Waals surface area contributed by atoms with Crippen molar-refractivity contribution in [3.05, 3.63) is 0 Å². The van der Waals surface area contributed by atoms with Gasteiger partial charge in [0, 0.05) is 24.9 Å². The van der Waals surface area contributed by atoms with Crippen LogP contribution < -0.4 is 5.32 Å². The third-order valence-electron chi connectivity index (χ3n) is 4.70. The lowest BCUT2D eigenvalue weighted by Crippen LogP contribution is -2.45. The summed E-state index contributed by atoms with van der Waals surface area (Å²) in [5.74, 6) is -1.01. The molecule has 22 heavy (non-hydrogen) atoms. The van der Waals surface area contributed by atoms with E-state index >= 15 is 0 Å². The first kappa shape index (κ1) is 16.8. The van der Waals surface area contributed by atoms with Crippen LogP contribution in [0.4, 0.5) is 0 Å². The summed E-state index contributed by atoms with van der Waals surface area (Å²) in [5.41, 5.74) is 0. The summed E-state index contributed by atoms with van der Waals surface area (Å²) >= 11 is 0. The molecule has 0 radical (unpaired) electrons. The van der Waals surface area contributed by atoms with E-state index in [0.29, 0.717) is 13.0 Å². The van der Waals surface area contributed by atoms with Gasteiger partial charge in [0.1, 0.15) is 6.04 Å². The van der Waals surface area contributed by atoms with Crippen LogP contribution in [-0.4, -0.2) is 46.4 Å². The highest BCUT2D eigenvalue weighted by Gasteiger charge is 2.34. The number of carbonyl (C=O) groups is 3. The van der Waals surface area contributed by atoms with Crippen molar-refractivity contribution in [2.24, 2.45) is 5.92 Å². The number of hydrogen-bond donors (Lipinski definition) is 2. The van der Waals surface area contributed by atoms with Crippen molar-refractivity contribution in [1.29, 1.82) is 0 Å². The van der Waals surface area contributed by atoms with Gasteiger partial charge in [-0.25, -0.2) is 4.79 Å². The highest BCUT2D eigenvalue weighted by atomic mass is 16.4. The van der Waals surface area contributed by atoms with E-state index < -0.39 is 12.0 Å². The van der Waals surface area contributed by atoms with Gasteiger partial charge in [-0.15, -0.1) is 0 Å². The molecule has 1 aliphatic heterocycles. The summed E-state index contributed by atoms with van der Waals surface area (Å²) in [6.07, 6.45) is 6.67. The summed E-state index contributed by atoms with van der Waals surface area (Å²) in [5, 5.41) is 12.0. The molecule has 1 aliphatic carbocycles.